The monoisotopic (exact) mass is 380 g/mol. The Balaban J connectivity index is 2.41. The van der Waals surface area contributed by atoms with Crippen LogP contribution in [-0.2, 0) is 20.5 Å². The fourth-order valence-corrected chi connectivity index (χ4v) is 2.41. The normalized spacial score (nSPS) is 14.9. The zero-order valence-corrected chi connectivity index (χ0v) is 13.3. The highest BCUT2D eigenvalue weighted by Crippen LogP contribution is 2.35. The van der Waals surface area contributed by atoms with Crippen LogP contribution in [0.25, 0.3) is 0 Å². The van der Waals surface area contributed by atoms with Crippen molar-refractivity contribution in [3.63, 3.8) is 0 Å². The molecule has 1 aliphatic rings. The van der Waals surface area contributed by atoms with E-state index in [2.05, 4.69) is 10.1 Å². The third-order valence-corrected chi connectivity index (χ3v) is 3.55. The number of aliphatic hydroxyl groups is 1. The summed E-state index contributed by atoms with van der Waals surface area (Å²) >= 11 is 0. The first-order valence-corrected chi connectivity index (χ1v) is 7.15. The van der Waals surface area contributed by atoms with Gasteiger partial charge in [-0.15, -0.1) is 0 Å². The molecule has 1 aromatic rings. The van der Waals surface area contributed by atoms with E-state index < -0.39 is 53.2 Å². The van der Waals surface area contributed by atoms with Crippen LogP contribution in [0.15, 0.2) is 23.4 Å². The van der Waals surface area contributed by atoms with Crippen LogP contribution < -0.4 is 5.32 Å². The second-order valence-corrected chi connectivity index (χ2v) is 5.23. The highest BCUT2D eigenvalue weighted by molar-refractivity contribution is 6.08. The van der Waals surface area contributed by atoms with Crippen molar-refractivity contribution in [1.29, 1.82) is 0 Å². The number of carbonyl (C=O) groups excluding carboxylic acids is 2. The third-order valence-electron chi connectivity index (χ3n) is 3.55. The second kappa shape index (κ2) is 7.28. The van der Waals surface area contributed by atoms with Gasteiger partial charge < -0.3 is 20.1 Å². The van der Waals surface area contributed by atoms with Crippen molar-refractivity contribution in [2.75, 3.05) is 32.1 Å². The minimum atomic E-state index is -5.23. The first-order valence-electron chi connectivity index (χ1n) is 7.15. The molecule has 2 rings (SSSR count). The molecule has 2 N–H and O–H groups in total. The molecule has 0 fully saturated rings. The summed E-state index contributed by atoms with van der Waals surface area (Å²) < 4.78 is 69.6. The third kappa shape index (κ3) is 3.77. The van der Waals surface area contributed by atoms with Crippen LogP contribution in [0.2, 0.25) is 0 Å². The van der Waals surface area contributed by atoms with E-state index in [0.717, 1.165) is 12.0 Å². The Morgan fingerprint density at radius 2 is 1.88 bits per heavy atom. The van der Waals surface area contributed by atoms with Gasteiger partial charge >= 0.3 is 12.1 Å². The Morgan fingerprint density at radius 1 is 1.31 bits per heavy atom. The van der Waals surface area contributed by atoms with Crippen molar-refractivity contribution in [2.45, 2.75) is 6.18 Å². The lowest BCUT2D eigenvalue weighted by atomic mass is 10.1. The summed E-state index contributed by atoms with van der Waals surface area (Å²) in [5.41, 5.74) is -3.15. The molecule has 6 nitrogen and oxygen atoms in total. The van der Waals surface area contributed by atoms with Crippen LogP contribution >= 0.6 is 0 Å². The maximum absolute atomic E-state index is 13.7. The van der Waals surface area contributed by atoms with Crippen LogP contribution in [0.3, 0.4) is 0 Å². The van der Waals surface area contributed by atoms with Gasteiger partial charge in [-0.1, -0.05) is 0 Å². The Bertz CT molecular complexity index is 753. The molecule has 1 aromatic carbocycles. The van der Waals surface area contributed by atoms with Crippen molar-refractivity contribution in [2.24, 2.45) is 0 Å². The number of nitrogens with one attached hydrogen (secondary N) is 1. The standard InChI is InChI=1S/C15H13F5N2O4/c1-26-14(25)8-6-22(2-3-23)13(24)12(8)21-7-4-9(16)11(10(17)5-7)15(18,19)20/h4-5,21,23H,2-3,6H2,1H3. The number of carbonyl (C=O) groups is 2. The van der Waals surface area contributed by atoms with Crippen molar-refractivity contribution in [3.8, 4) is 0 Å². The summed E-state index contributed by atoms with van der Waals surface area (Å²) in [6.45, 7) is -0.767. The van der Waals surface area contributed by atoms with Gasteiger partial charge in [0.1, 0.15) is 22.9 Å². The molecule has 0 radical (unpaired) electrons. The highest BCUT2D eigenvalue weighted by atomic mass is 19.4. The Morgan fingerprint density at radius 3 is 2.35 bits per heavy atom. The highest BCUT2D eigenvalue weighted by Gasteiger charge is 2.39. The molecule has 1 aliphatic heterocycles. The molecule has 11 heteroatoms. The zero-order chi connectivity index (χ0) is 19.6. The molecule has 1 heterocycles. The molecular formula is C15H13F5N2O4. The van der Waals surface area contributed by atoms with Gasteiger partial charge in [0.2, 0.25) is 0 Å². The molecule has 0 aliphatic carbocycles. The van der Waals surface area contributed by atoms with Crippen molar-refractivity contribution >= 4 is 17.6 Å². The average molecular weight is 380 g/mol. The van der Waals surface area contributed by atoms with Gasteiger partial charge in [0.05, 0.1) is 25.8 Å². The van der Waals surface area contributed by atoms with Gasteiger partial charge in [-0.25, -0.2) is 13.6 Å². The number of anilines is 1. The molecule has 0 saturated carbocycles. The minimum absolute atomic E-state index is 0.125. The molecule has 0 bridgehead atoms. The molecular weight excluding hydrogens is 367 g/mol. The number of amides is 1. The van der Waals surface area contributed by atoms with Crippen LogP contribution in [-0.4, -0.2) is 48.7 Å². The summed E-state index contributed by atoms with van der Waals surface area (Å²) in [7, 11) is 1.05. The van der Waals surface area contributed by atoms with E-state index in [1.165, 1.54) is 0 Å². The Hall–Kier alpha value is -2.69. The maximum atomic E-state index is 13.7. The largest absolute Gasteiger partial charge is 0.466 e. The number of ether oxygens (including phenoxy) is 1. The molecule has 142 valence electrons. The zero-order valence-electron chi connectivity index (χ0n) is 13.3. The first kappa shape index (κ1) is 19.6. The summed E-state index contributed by atoms with van der Waals surface area (Å²) in [5, 5.41) is 11.2. The summed E-state index contributed by atoms with van der Waals surface area (Å²) in [5.74, 6) is -5.44. The first-order chi connectivity index (χ1) is 12.1. The number of esters is 1. The van der Waals surface area contributed by atoms with Gasteiger partial charge in [0.25, 0.3) is 5.91 Å². The molecule has 0 unspecified atom stereocenters. The van der Waals surface area contributed by atoms with E-state index in [1.54, 1.807) is 0 Å². The number of hydrogen-bond acceptors (Lipinski definition) is 5. The van der Waals surface area contributed by atoms with Crippen LogP contribution in [0, 0.1) is 11.6 Å². The van der Waals surface area contributed by atoms with Gasteiger partial charge in [-0.3, -0.25) is 4.79 Å². The number of hydrogen-bond donors (Lipinski definition) is 2. The minimum Gasteiger partial charge on any atom is -0.466 e. The fraction of sp³-hybridized carbons (Fsp3) is 0.333. The van der Waals surface area contributed by atoms with Gasteiger partial charge in [-0.05, 0) is 12.1 Å². The second-order valence-electron chi connectivity index (χ2n) is 5.23. The number of nitrogens with zero attached hydrogens (tertiary/aromatic N) is 1. The van der Waals surface area contributed by atoms with E-state index in [4.69, 9.17) is 5.11 Å². The van der Waals surface area contributed by atoms with Crippen LogP contribution in [0.5, 0.6) is 0 Å². The molecule has 0 spiro atoms. The van der Waals surface area contributed by atoms with Gasteiger partial charge in [0, 0.05) is 12.2 Å². The summed E-state index contributed by atoms with van der Waals surface area (Å²) in [6, 6.07) is 0.714. The summed E-state index contributed by atoms with van der Waals surface area (Å²) in [4.78, 5) is 25.1. The number of rotatable bonds is 5. The van der Waals surface area contributed by atoms with E-state index in [1.807, 2.05) is 0 Å². The molecule has 0 aromatic heterocycles. The van der Waals surface area contributed by atoms with Crippen molar-refractivity contribution in [3.05, 3.63) is 40.6 Å². The van der Waals surface area contributed by atoms with Crippen molar-refractivity contribution < 1.29 is 41.4 Å². The lowest BCUT2D eigenvalue weighted by Gasteiger charge is -2.15. The predicted octanol–water partition coefficient (Wildman–Crippen LogP) is 1.66. The lowest BCUT2D eigenvalue weighted by Crippen LogP contribution is -2.31. The van der Waals surface area contributed by atoms with E-state index in [0.29, 0.717) is 12.1 Å². The van der Waals surface area contributed by atoms with Gasteiger partial charge in [0.15, 0.2) is 0 Å². The predicted molar refractivity (Wildman–Crippen MR) is 77.7 cm³/mol. The molecule has 0 atom stereocenters. The smallest absolute Gasteiger partial charge is 0.422 e. The molecule has 1 amide bonds. The van der Waals surface area contributed by atoms with E-state index in [-0.39, 0.29) is 18.7 Å². The van der Waals surface area contributed by atoms with E-state index in [9.17, 15) is 31.5 Å². The van der Waals surface area contributed by atoms with Gasteiger partial charge in [-0.2, -0.15) is 13.2 Å². The topological polar surface area (TPSA) is 78.9 Å². The number of β-amino-alcohol motifs (C(OH)–C–C–N with tert-alkyl or cyclic N) is 1. The number of methoxy groups -OCH3 is 1. The quantitative estimate of drug-likeness (QED) is 0.600. The Labute approximate surface area is 143 Å². The average Bonchev–Trinajstić information content (AvgIpc) is 2.82. The number of aliphatic hydroxyl groups excluding tert-OH is 1. The van der Waals surface area contributed by atoms with Crippen LogP contribution in [0.4, 0.5) is 27.6 Å². The molecule has 0 saturated heterocycles. The lowest BCUT2D eigenvalue weighted by molar-refractivity contribution is -0.142. The Kier molecular flexibility index (Phi) is 5.50. The fourth-order valence-electron chi connectivity index (χ4n) is 2.41. The summed E-state index contributed by atoms with van der Waals surface area (Å²) in [6.07, 6.45) is -5.23. The SMILES string of the molecule is COC(=O)C1=C(Nc2cc(F)c(C(F)(F)F)c(F)c2)C(=O)N(CCO)C1. The number of benzene rings is 1. The number of halogens is 5. The van der Waals surface area contributed by atoms with Crippen LogP contribution in [0.1, 0.15) is 5.56 Å². The molecule has 26 heavy (non-hydrogen) atoms. The number of alkyl halides is 3. The maximum Gasteiger partial charge on any atom is 0.422 e. The van der Waals surface area contributed by atoms with Crippen molar-refractivity contribution in [1.82, 2.24) is 4.90 Å². The van der Waals surface area contributed by atoms with E-state index >= 15 is 0 Å².